The predicted octanol–water partition coefficient (Wildman–Crippen LogP) is 4.83. The highest BCUT2D eigenvalue weighted by Gasteiger charge is 2.11. The monoisotopic (exact) mass is 277 g/mol. The first-order valence-corrected chi connectivity index (χ1v) is 7.60. The summed E-state index contributed by atoms with van der Waals surface area (Å²) in [5.74, 6) is -0.132. The SMILES string of the molecule is CCCC(NCc1ccc(F)c(C)c1)c1cccs1. The van der Waals surface area contributed by atoms with Gasteiger partial charge >= 0.3 is 0 Å². The van der Waals surface area contributed by atoms with Gasteiger partial charge in [-0.25, -0.2) is 4.39 Å². The van der Waals surface area contributed by atoms with Gasteiger partial charge in [0.25, 0.3) is 0 Å². The lowest BCUT2D eigenvalue weighted by Crippen LogP contribution is -2.20. The summed E-state index contributed by atoms with van der Waals surface area (Å²) in [5.41, 5.74) is 1.85. The Hall–Kier alpha value is -1.19. The molecule has 1 nitrogen and oxygen atoms in total. The molecular weight excluding hydrogens is 257 g/mol. The average Bonchev–Trinajstić information content (AvgIpc) is 2.92. The molecule has 1 heterocycles. The number of nitrogens with one attached hydrogen (secondary N) is 1. The summed E-state index contributed by atoms with van der Waals surface area (Å²) in [7, 11) is 0. The van der Waals surface area contributed by atoms with E-state index in [1.807, 2.05) is 19.1 Å². The number of hydrogen-bond donors (Lipinski definition) is 1. The second-order valence-corrected chi connectivity index (χ2v) is 5.80. The highest BCUT2D eigenvalue weighted by atomic mass is 32.1. The number of rotatable bonds is 6. The molecule has 2 rings (SSSR count). The van der Waals surface area contributed by atoms with Gasteiger partial charge in [-0.1, -0.05) is 31.5 Å². The van der Waals surface area contributed by atoms with Gasteiger partial charge in [-0.3, -0.25) is 0 Å². The van der Waals surface area contributed by atoms with Crippen molar-refractivity contribution in [2.45, 2.75) is 39.3 Å². The molecule has 1 aromatic heterocycles. The van der Waals surface area contributed by atoms with E-state index in [9.17, 15) is 4.39 Å². The van der Waals surface area contributed by atoms with Crippen LogP contribution in [0.15, 0.2) is 35.7 Å². The zero-order valence-corrected chi connectivity index (χ0v) is 12.3. The van der Waals surface area contributed by atoms with Crippen LogP contribution in [0.25, 0.3) is 0 Å². The first kappa shape index (κ1) is 14.2. The molecule has 1 atom stereocenters. The Morgan fingerprint density at radius 3 is 2.79 bits per heavy atom. The Balaban J connectivity index is 2.00. The molecule has 0 amide bonds. The highest BCUT2D eigenvalue weighted by Crippen LogP contribution is 2.23. The number of halogens is 1. The number of benzene rings is 1. The fourth-order valence-electron chi connectivity index (χ4n) is 2.18. The van der Waals surface area contributed by atoms with Crippen LogP contribution in [0.2, 0.25) is 0 Å². The molecule has 0 saturated heterocycles. The molecular formula is C16H20FNS. The first-order chi connectivity index (χ1) is 9.20. The molecule has 0 bridgehead atoms. The Kier molecular flexibility index (Phi) is 5.11. The smallest absolute Gasteiger partial charge is 0.126 e. The molecule has 2 aromatic rings. The average molecular weight is 277 g/mol. The van der Waals surface area contributed by atoms with Crippen LogP contribution in [0.5, 0.6) is 0 Å². The maximum absolute atomic E-state index is 13.2. The van der Waals surface area contributed by atoms with Crippen molar-refractivity contribution in [3.05, 3.63) is 57.5 Å². The minimum absolute atomic E-state index is 0.132. The summed E-state index contributed by atoms with van der Waals surface area (Å²) >= 11 is 1.79. The molecule has 3 heteroatoms. The Morgan fingerprint density at radius 2 is 2.16 bits per heavy atom. The third-order valence-corrected chi connectivity index (χ3v) is 4.22. The van der Waals surface area contributed by atoms with Crippen molar-refractivity contribution >= 4 is 11.3 Å². The Bertz CT molecular complexity index is 507. The van der Waals surface area contributed by atoms with E-state index in [0.29, 0.717) is 11.6 Å². The summed E-state index contributed by atoms with van der Waals surface area (Å²) in [6, 6.07) is 9.98. The molecule has 0 aliphatic carbocycles. The zero-order valence-electron chi connectivity index (χ0n) is 11.4. The maximum Gasteiger partial charge on any atom is 0.126 e. The summed E-state index contributed by atoms with van der Waals surface area (Å²) in [6.07, 6.45) is 2.28. The molecule has 1 unspecified atom stereocenters. The molecule has 0 spiro atoms. The Morgan fingerprint density at radius 1 is 1.32 bits per heavy atom. The molecule has 102 valence electrons. The van der Waals surface area contributed by atoms with Crippen LogP contribution in [0.3, 0.4) is 0 Å². The largest absolute Gasteiger partial charge is 0.305 e. The lowest BCUT2D eigenvalue weighted by Gasteiger charge is -2.17. The van der Waals surface area contributed by atoms with Crippen molar-refractivity contribution in [1.82, 2.24) is 5.32 Å². The lowest BCUT2D eigenvalue weighted by molar-refractivity contribution is 0.500. The van der Waals surface area contributed by atoms with Gasteiger partial charge < -0.3 is 5.32 Å². The molecule has 0 saturated carbocycles. The second-order valence-electron chi connectivity index (χ2n) is 4.82. The van der Waals surface area contributed by atoms with Crippen LogP contribution in [-0.2, 0) is 6.54 Å². The van der Waals surface area contributed by atoms with Crippen LogP contribution in [-0.4, -0.2) is 0 Å². The fraction of sp³-hybridized carbons (Fsp3) is 0.375. The summed E-state index contributed by atoms with van der Waals surface area (Å²) in [5, 5.41) is 5.69. The van der Waals surface area contributed by atoms with Crippen LogP contribution in [0.1, 0.15) is 41.8 Å². The van der Waals surface area contributed by atoms with Gasteiger partial charge in [0.05, 0.1) is 0 Å². The van der Waals surface area contributed by atoms with Gasteiger partial charge in [0.15, 0.2) is 0 Å². The quantitative estimate of drug-likeness (QED) is 0.797. The highest BCUT2D eigenvalue weighted by molar-refractivity contribution is 7.10. The van der Waals surface area contributed by atoms with Gasteiger partial charge in [0, 0.05) is 17.5 Å². The summed E-state index contributed by atoms with van der Waals surface area (Å²) in [6.45, 7) is 4.79. The summed E-state index contributed by atoms with van der Waals surface area (Å²) in [4.78, 5) is 1.38. The normalized spacial score (nSPS) is 12.6. The van der Waals surface area contributed by atoms with Crippen LogP contribution in [0.4, 0.5) is 4.39 Å². The van der Waals surface area contributed by atoms with Crippen LogP contribution < -0.4 is 5.32 Å². The van der Waals surface area contributed by atoms with Gasteiger partial charge in [-0.2, -0.15) is 0 Å². The number of aryl methyl sites for hydroxylation is 1. The Labute approximate surface area is 118 Å². The lowest BCUT2D eigenvalue weighted by atomic mass is 10.1. The molecule has 19 heavy (non-hydrogen) atoms. The molecule has 0 aliphatic heterocycles. The van der Waals surface area contributed by atoms with Gasteiger partial charge in [0.1, 0.15) is 5.82 Å². The van der Waals surface area contributed by atoms with E-state index in [-0.39, 0.29) is 5.82 Å². The standard InChI is InChI=1S/C16H20FNS/c1-3-5-15(16-6-4-9-19-16)18-11-13-7-8-14(17)12(2)10-13/h4,6-10,15,18H,3,5,11H2,1-2H3. The molecule has 0 radical (unpaired) electrons. The van der Waals surface area contributed by atoms with E-state index in [2.05, 4.69) is 29.8 Å². The third kappa shape index (κ3) is 3.88. The van der Waals surface area contributed by atoms with Crippen molar-refractivity contribution < 1.29 is 4.39 Å². The number of hydrogen-bond acceptors (Lipinski definition) is 2. The van der Waals surface area contributed by atoms with E-state index in [4.69, 9.17) is 0 Å². The van der Waals surface area contributed by atoms with E-state index >= 15 is 0 Å². The van der Waals surface area contributed by atoms with Gasteiger partial charge in [0.2, 0.25) is 0 Å². The van der Waals surface area contributed by atoms with Crippen LogP contribution in [0, 0.1) is 12.7 Å². The maximum atomic E-state index is 13.2. The second kappa shape index (κ2) is 6.83. The van der Waals surface area contributed by atoms with Crippen LogP contribution >= 0.6 is 11.3 Å². The van der Waals surface area contributed by atoms with Crippen molar-refractivity contribution in [3.63, 3.8) is 0 Å². The van der Waals surface area contributed by atoms with E-state index in [1.165, 1.54) is 4.88 Å². The van der Waals surface area contributed by atoms with E-state index in [0.717, 1.165) is 24.9 Å². The molecule has 1 N–H and O–H groups in total. The van der Waals surface area contributed by atoms with Crippen molar-refractivity contribution in [1.29, 1.82) is 0 Å². The van der Waals surface area contributed by atoms with Crippen molar-refractivity contribution in [2.24, 2.45) is 0 Å². The predicted molar refractivity (Wildman–Crippen MR) is 79.9 cm³/mol. The zero-order chi connectivity index (χ0) is 13.7. The molecule has 1 aromatic carbocycles. The fourth-order valence-corrected chi connectivity index (χ4v) is 3.02. The van der Waals surface area contributed by atoms with E-state index in [1.54, 1.807) is 17.4 Å². The van der Waals surface area contributed by atoms with Crippen molar-refractivity contribution in [3.8, 4) is 0 Å². The number of thiophene rings is 1. The topological polar surface area (TPSA) is 12.0 Å². The van der Waals surface area contributed by atoms with Crippen molar-refractivity contribution in [2.75, 3.05) is 0 Å². The summed E-state index contributed by atoms with van der Waals surface area (Å²) < 4.78 is 13.2. The first-order valence-electron chi connectivity index (χ1n) is 6.72. The van der Waals surface area contributed by atoms with Gasteiger partial charge in [-0.05, 0) is 42.0 Å². The minimum atomic E-state index is -0.132. The molecule has 0 fully saturated rings. The van der Waals surface area contributed by atoms with Gasteiger partial charge in [-0.15, -0.1) is 11.3 Å². The minimum Gasteiger partial charge on any atom is -0.305 e. The van der Waals surface area contributed by atoms with E-state index < -0.39 is 0 Å². The third-order valence-electron chi connectivity index (χ3n) is 3.24. The molecule has 0 aliphatic rings.